The standard InChI is InChI=1S/C18H20N6/c1-13-22-15(12-16(23-13)18-20-8-9-21-18)14-5-10-24(11-6-14)17-4-2-3-7-19-17/h2-4,7-9,12,14H,5-6,10-11H2,1H3,(H,20,21). The van der Waals surface area contributed by atoms with E-state index in [0.717, 1.165) is 54.8 Å². The van der Waals surface area contributed by atoms with Crippen LogP contribution in [0.25, 0.3) is 11.5 Å². The molecule has 1 aliphatic rings. The largest absolute Gasteiger partial charge is 0.357 e. The van der Waals surface area contributed by atoms with Crippen molar-refractivity contribution in [2.24, 2.45) is 0 Å². The molecule has 1 fully saturated rings. The van der Waals surface area contributed by atoms with Crippen molar-refractivity contribution in [1.29, 1.82) is 0 Å². The van der Waals surface area contributed by atoms with Gasteiger partial charge in [-0.1, -0.05) is 6.07 Å². The minimum Gasteiger partial charge on any atom is -0.357 e. The quantitative estimate of drug-likeness (QED) is 0.803. The Bertz CT molecular complexity index is 792. The van der Waals surface area contributed by atoms with E-state index < -0.39 is 0 Å². The van der Waals surface area contributed by atoms with Crippen LogP contribution in [0.1, 0.15) is 30.3 Å². The summed E-state index contributed by atoms with van der Waals surface area (Å²) in [6, 6.07) is 8.14. The van der Waals surface area contributed by atoms with Gasteiger partial charge in [-0.25, -0.2) is 19.9 Å². The Labute approximate surface area is 141 Å². The number of aryl methyl sites for hydroxylation is 1. The number of nitrogens with one attached hydrogen (secondary N) is 1. The number of imidazole rings is 1. The van der Waals surface area contributed by atoms with Gasteiger partial charge in [-0.2, -0.15) is 0 Å². The van der Waals surface area contributed by atoms with Crippen LogP contribution in [0, 0.1) is 6.92 Å². The normalized spacial score (nSPS) is 15.6. The summed E-state index contributed by atoms with van der Waals surface area (Å²) in [5.74, 6) is 3.12. The Hall–Kier alpha value is -2.76. The monoisotopic (exact) mass is 320 g/mol. The van der Waals surface area contributed by atoms with E-state index in [4.69, 9.17) is 0 Å². The van der Waals surface area contributed by atoms with Crippen molar-refractivity contribution in [1.82, 2.24) is 24.9 Å². The number of piperidine rings is 1. The first-order chi connectivity index (χ1) is 11.8. The van der Waals surface area contributed by atoms with Gasteiger partial charge >= 0.3 is 0 Å². The number of hydrogen-bond donors (Lipinski definition) is 1. The molecule has 122 valence electrons. The molecule has 3 aromatic rings. The summed E-state index contributed by atoms with van der Waals surface area (Å²) in [5.41, 5.74) is 1.99. The van der Waals surface area contributed by atoms with E-state index in [2.05, 4.69) is 42.0 Å². The van der Waals surface area contributed by atoms with E-state index in [1.165, 1.54) is 0 Å². The third-order valence-electron chi connectivity index (χ3n) is 4.49. The molecule has 0 saturated carbocycles. The molecule has 6 heteroatoms. The van der Waals surface area contributed by atoms with Gasteiger partial charge in [-0.15, -0.1) is 0 Å². The van der Waals surface area contributed by atoms with Crippen LogP contribution in [0.2, 0.25) is 0 Å². The predicted molar refractivity (Wildman–Crippen MR) is 92.8 cm³/mol. The van der Waals surface area contributed by atoms with Crippen molar-refractivity contribution in [2.45, 2.75) is 25.7 Å². The van der Waals surface area contributed by atoms with Crippen molar-refractivity contribution >= 4 is 5.82 Å². The van der Waals surface area contributed by atoms with Gasteiger partial charge in [0.25, 0.3) is 0 Å². The van der Waals surface area contributed by atoms with Crippen molar-refractivity contribution in [3.63, 3.8) is 0 Å². The van der Waals surface area contributed by atoms with Gasteiger partial charge in [0.05, 0.1) is 0 Å². The van der Waals surface area contributed by atoms with Crippen LogP contribution < -0.4 is 4.90 Å². The lowest BCUT2D eigenvalue weighted by atomic mass is 9.92. The lowest BCUT2D eigenvalue weighted by Gasteiger charge is -2.32. The number of H-pyrrole nitrogens is 1. The first kappa shape index (κ1) is 14.8. The maximum atomic E-state index is 4.68. The second-order valence-corrected chi connectivity index (χ2v) is 6.11. The zero-order chi connectivity index (χ0) is 16.4. The van der Waals surface area contributed by atoms with E-state index in [1.54, 1.807) is 6.20 Å². The molecule has 24 heavy (non-hydrogen) atoms. The second kappa shape index (κ2) is 6.39. The molecule has 0 aliphatic carbocycles. The number of pyridine rings is 1. The third-order valence-corrected chi connectivity index (χ3v) is 4.49. The van der Waals surface area contributed by atoms with Crippen molar-refractivity contribution in [2.75, 3.05) is 18.0 Å². The van der Waals surface area contributed by atoms with E-state index in [-0.39, 0.29) is 0 Å². The highest BCUT2D eigenvalue weighted by Gasteiger charge is 2.23. The number of rotatable bonds is 3. The number of aromatic nitrogens is 5. The minimum atomic E-state index is 0.459. The van der Waals surface area contributed by atoms with E-state index in [9.17, 15) is 0 Å². The van der Waals surface area contributed by atoms with Crippen LogP contribution in [0.4, 0.5) is 5.82 Å². The first-order valence-electron chi connectivity index (χ1n) is 8.31. The predicted octanol–water partition coefficient (Wildman–Crippen LogP) is 2.95. The number of aromatic amines is 1. The topological polar surface area (TPSA) is 70.6 Å². The van der Waals surface area contributed by atoms with Crippen LogP contribution in [-0.2, 0) is 0 Å². The highest BCUT2D eigenvalue weighted by molar-refractivity contribution is 5.49. The Morgan fingerprint density at radius 1 is 1.08 bits per heavy atom. The SMILES string of the molecule is Cc1nc(-c2ncc[nH]2)cc(C2CCN(c3ccccn3)CC2)n1. The second-order valence-electron chi connectivity index (χ2n) is 6.11. The molecule has 0 spiro atoms. The highest BCUT2D eigenvalue weighted by atomic mass is 15.2. The lowest BCUT2D eigenvalue weighted by Crippen LogP contribution is -2.33. The third kappa shape index (κ3) is 2.99. The molecule has 0 atom stereocenters. The van der Waals surface area contributed by atoms with Gasteiger partial charge in [0.1, 0.15) is 17.3 Å². The van der Waals surface area contributed by atoms with Crippen molar-refractivity contribution < 1.29 is 0 Å². The van der Waals surface area contributed by atoms with E-state index >= 15 is 0 Å². The van der Waals surface area contributed by atoms with Gasteiger partial charge in [-0.05, 0) is 38.0 Å². The molecule has 1 saturated heterocycles. The maximum absolute atomic E-state index is 4.68. The zero-order valence-corrected chi connectivity index (χ0v) is 13.7. The molecule has 3 aromatic heterocycles. The van der Waals surface area contributed by atoms with Crippen LogP contribution in [0.15, 0.2) is 42.9 Å². The Balaban J connectivity index is 1.51. The van der Waals surface area contributed by atoms with Gasteiger partial charge in [0, 0.05) is 43.3 Å². The van der Waals surface area contributed by atoms with Crippen LogP contribution in [0.5, 0.6) is 0 Å². The number of hydrogen-bond acceptors (Lipinski definition) is 5. The molecule has 4 rings (SSSR count). The Morgan fingerprint density at radius 2 is 1.96 bits per heavy atom. The molecule has 4 heterocycles. The summed E-state index contributed by atoms with van der Waals surface area (Å²) in [6.07, 6.45) is 7.57. The summed E-state index contributed by atoms with van der Waals surface area (Å²) in [6.45, 7) is 3.95. The summed E-state index contributed by atoms with van der Waals surface area (Å²) in [4.78, 5) is 23.4. The smallest absolute Gasteiger partial charge is 0.156 e. The average Bonchev–Trinajstić information content (AvgIpc) is 3.17. The average molecular weight is 320 g/mol. The first-order valence-corrected chi connectivity index (χ1v) is 8.31. The fourth-order valence-electron chi connectivity index (χ4n) is 3.27. The fourth-order valence-corrected chi connectivity index (χ4v) is 3.27. The molecule has 0 bridgehead atoms. The summed E-state index contributed by atoms with van der Waals surface area (Å²) >= 11 is 0. The molecule has 0 amide bonds. The molecular weight excluding hydrogens is 300 g/mol. The minimum absolute atomic E-state index is 0.459. The summed E-state index contributed by atoms with van der Waals surface area (Å²) < 4.78 is 0. The van der Waals surface area contributed by atoms with E-state index in [0.29, 0.717) is 5.92 Å². The van der Waals surface area contributed by atoms with Crippen molar-refractivity contribution in [3.8, 4) is 11.5 Å². The summed E-state index contributed by atoms with van der Waals surface area (Å²) in [5, 5.41) is 0. The summed E-state index contributed by atoms with van der Waals surface area (Å²) in [7, 11) is 0. The molecule has 0 unspecified atom stereocenters. The maximum Gasteiger partial charge on any atom is 0.156 e. The van der Waals surface area contributed by atoms with Crippen LogP contribution >= 0.6 is 0 Å². The molecular formula is C18H20N6. The van der Waals surface area contributed by atoms with Crippen LogP contribution in [-0.4, -0.2) is 38.0 Å². The molecule has 0 aromatic carbocycles. The lowest BCUT2D eigenvalue weighted by molar-refractivity contribution is 0.492. The van der Waals surface area contributed by atoms with Crippen molar-refractivity contribution in [3.05, 3.63) is 54.4 Å². The number of anilines is 1. The Kier molecular flexibility index (Phi) is 3.94. The number of nitrogens with zero attached hydrogens (tertiary/aromatic N) is 5. The molecule has 1 aliphatic heterocycles. The zero-order valence-electron chi connectivity index (χ0n) is 13.7. The Morgan fingerprint density at radius 3 is 2.67 bits per heavy atom. The molecule has 1 N–H and O–H groups in total. The van der Waals surface area contributed by atoms with Gasteiger partial charge in [0.15, 0.2) is 5.82 Å². The highest BCUT2D eigenvalue weighted by Crippen LogP contribution is 2.30. The van der Waals surface area contributed by atoms with Gasteiger partial charge < -0.3 is 9.88 Å². The van der Waals surface area contributed by atoms with Gasteiger partial charge in [-0.3, -0.25) is 0 Å². The molecule has 6 nitrogen and oxygen atoms in total. The fraction of sp³-hybridized carbons (Fsp3) is 0.333. The van der Waals surface area contributed by atoms with E-state index in [1.807, 2.05) is 31.5 Å². The van der Waals surface area contributed by atoms with Crippen LogP contribution in [0.3, 0.4) is 0 Å². The van der Waals surface area contributed by atoms with Gasteiger partial charge in [0.2, 0.25) is 0 Å². The molecule has 0 radical (unpaired) electrons.